The van der Waals surface area contributed by atoms with Crippen molar-refractivity contribution in [2.75, 3.05) is 13.7 Å². The Morgan fingerprint density at radius 2 is 1.94 bits per heavy atom. The molecule has 6 nitrogen and oxygen atoms in total. The molecule has 1 aliphatic heterocycles. The summed E-state index contributed by atoms with van der Waals surface area (Å²) in [7, 11) is 1.31. The fourth-order valence-corrected chi connectivity index (χ4v) is 1.32. The van der Waals surface area contributed by atoms with E-state index >= 15 is 0 Å². The van der Waals surface area contributed by atoms with Gasteiger partial charge in [0, 0.05) is 12.5 Å². The molecule has 0 N–H and O–H groups in total. The van der Waals surface area contributed by atoms with Crippen molar-refractivity contribution in [1.29, 1.82) is 0 Å². The predicted molar refractivity (Wildman–Crippen MR) is 64.8 cm³/mol. The topological polar surface area (TPSA) is 72.9 Å². The average Bonchev–Trinajstić information content (AvgIpc) is 2.58. The van der Waals surface area contributed by atoms with Gasteiger partial charge in [-0.25, -0.2) is 9.69 Å². The first-order valence-electron chi connectivity index (χ1n) is 5.73. The lowest BCUT2D eigenvalue weighted by Crippen LogP contribution is -2.38. The van der Waals surface area contributed by atoms with Crippen molar-refractivity contribution >= 4 is 18.5 Å². The molecule has 0 saturated carbocycles. The molecule has 6 heteroatoms. The Kier molecular flexibility index (Phi) is 6.36. The smallest absolute Gasteiger partial charge is 0.417 e. The molecular formula is C12H21NO5. The van der Waals surface area contributed by atoms with Gasteiger partial charge in [0.15, 0.2) is 0 Å². The molecule has 0 radical (unpaired) electrons. The van der Waals surface area contributed by atoms with Crippen LogP contribution >= 0.6 is 0 Å². The van der Waals surface area contributed by atoms with Gasteiger partial charge in [0.1, 0.15) is 5.60 Å². The molecule has 2 amide bonds. The van der Waals surface area contributed by atoms with E-state index in [-0.39, 0.29) is 11.8 Å². The van der Waals surface area contributed by atoms with E-state index in [2.05, 4.69) is 4.74 Å². The molecule has 1 aliphatic rings. The first-order valence-corrected chi connectivity index (χ1v) is 5.73. The van der Waals surface area contributed by atoms with Crippen molar-refractivity contribution in [3.05, 3.63) is 0 Å². The molecule has 18 heavy (non-hydrogen) atoms. The van der Waals surface area contributed by atoms with Gasteiger partial charge < -0.3 is 9.47 Å². The Morgan fingerprint density at radius 3 is 2.22 bits per heavy atom. The van der Waals surface area contributed by atoms with Crippen LogP contribution in [0.1, 0.15) is 34.1 Å². The summed E-state index contributed by atoms with van der Waals surface area (Å²) in [5.74, 6) is -0.179. The van der Waals surface area contributed by atoms with E-state index in [1.165, 1.54) is 12.0 Å². The van der Waals surface area contributed by atoms with Gasteiger partial charge in [-0.1, -0.05) is 6.92 Å². The average molecular weight is 259 g/mol. The minimum Gasteiger partial charge on any atom is -0.471 e. The van der Waals surface area contributed by atoms with Crippen molar-refractivity contribution in [2.45, 2.75) is 39.7 Å². The van der Waals surface area contributed by atoms with Gasteiger partial charge in [-0.2, -0.15) is 0 Å². The quantitative estimate of drug-likeness (QED) is 0.668. The Hall–Kier alpha value is -1.59. The highest BCUT2D eigenvalue weighted by atomic mass is 16.6. The van der Waals surface area contributed by atoms with Crippen molar-refractivity contribution < 1.29 is 23.9 Å². The Labute approximate surface area is 107 Å². The Balaban J connectivity index is 0.000000631. The van der Waals surface area contributed by atoms with Crippen molar-refractivity contribution in [1.82, 2.24) is 4.90 Å². The largest absolute Gasteiger partial charge is 0.471 e. The number of likely N-dealkylation sites (tertiary alicyclic amines) is 1. The normalized spacial score (nSPS) is 18.8. The number of hydrogen-bond donors (Lipinski definition) is 0. The maximum atomic E-state index is 11.5. The van der Waals surface area contributed by atoms with Crippen molar-refractivity contribution in [3.8, 4) is 0 Å². The van der Waals surface area contributed by atoms with Gasteiger partial charge in [-0.3, -0.25) is 9.59 Å². The van der Waals surface area contributed by atoms with E-state index in [0.29, 0.717) is 13.0 Å². The highest BCUT2D eigenvalue weighted by Gasteiger charge is 2.35. The minimum atomic E-state index is -0.539. The van der Waals surface area contributed by atoms with E-state index < -0.39 is 11.7 Å². The standard InChI is InChI=1S/C10H17NO3.C2H4O2/c1-7-5-6-11(8(7)12)9(13)14-10(2,3)4;1-4-2-3/h7H,5-6H2,1-4H3;2H,1H3. The predicted octanol–water partition coefficient (Wildman–Crippen LogP) is 1.58. The second-order valence-corrected chi connectivity index (χ2v) is 4.99. The highest BCUT2D eigenvalue weighted by molar-refractivity contribution is 5.94. The lowest BCUT2D eigenvalue weighted by molar-refractivity contribution is -0.130. The molecule has 0 aliphatic carbocycles. The van der Waals surface area contributed by atoms with Crippen LogP contribution in [0.4, 0.5) is 4.79 Å². The molecule has 1 rings (SSSR count). The number of amides is 2. The third kappa shape index (κ3) is 5.65. The third-order valence-corrected chi connectivity index (χ3v) is 2.18. The van der Waals surface area contributed by atoms with Gasteiger partial charge in [-0.05, 0) is 27.2 Å². The van der Waals surface area contributed by atoms with E-state index in [4.69, 9.17) is 9.53 Å². The molecule has 0 bridgehead atoms. The molecule has 0 spiro atoms. The van der Waals surface area contributed by atoms with E-state index in [1.54, 1.807) is 20.8 Å². The molecule has 1 atom stereocenters. The van der Waals surface area contributed by atoms with Crippen LogP contribution in [0.15, 0.2) is 0 Å². The Morgan fingerprint density at radius 1 is 1.44 bits per heavy atom. The molecule has 0 aromatic rings. The minimum absolute atomic E-state index is 0.0532. The summed E-state index contributed by atoms with van der Waals surface area (Å²) < 4.78 is 8.97. The van der Waals surface area contributed by atoms with Gasteiger partial charge in [-0.15, -0.1) is 0 Å². The number of ether oxygens (including phenoxy) is 2. The number of nitrogens with zero attached hydrogens (tertiary/aromatic N) is 1. The second-order valence-electron chi connectivity index (χ2n) is 4.99. The van der Waals surface area contributed by atoms with Crippen LogP contribution in [0, 0.1) is 5.92 Å². The third-order valence-electron chi connectivity index (χ3n) is 2.18. The maximum Gasteiger partial charge on any atom is 0.417 e. The molecule has 1 saturated heterocycles. The van der Waals surface area contributed by atoms with Crippen LogP contribution in [-0.4, -0.2) is 42.6 Å². The molecule has 0 aromatic heterocycles. The van der Waals surface area contributed by atoms with Crippen LogP contribution in [0.3, 0.4) is 0 Å². The summed E-state index contributed by atoms with van der Waals surface area (Å²) in [5, 5.41) is 0. The molecular weight excluding hydrogens is 238 g/mol. The zero-order valence-electron chi connectivity index (χ0n) is 11.6. The van der Waals surface area contributed by atoms with Crippen LogP contribution in [0.2, 0.25) is 0 Å². The summed E-state index contributed by atoms with van der Waals surface area (Å²) >= 11 is 0. The zero-order valence-corrected chi connectivity index (χ0v) is 11.6. The maximum absolute atomic E-state index is 11.5. The van der Waals surface area contributed by atoms with Crippen LogP contribution in [0.25, 0.3) is 0 Å². The van der Waals surface area contributed by atoms with E-state index in [9.17, 15) is 9.59 Å². The number of hydrogen-bond acceptors (Lipinski definition) is 5. The van der Waals surface area contributed by atoms with Crippen LogP contribution < -0.4 is 0 Å². The summed E-state index contributed by atoms with van der Waals surface area (Å²) in [4.78, 5) is 33.1. The van der Waals surface area contributed by atoms with Gasteiger partial charge in [0.2, 0.25) is 5.91 Å². The summed E-state index contributed by atoms with van der Waals surface area (Å²) in [5.41, 5.74) is -0.539. The second kappa shape index (κ2) is 6.98. The number of carbonyl (C=O) groups is 3. The highest BCUT2D eigenvalue weighted by Crippen LogP contribution is 2.19. The molecule has 1 heterocycles. The number of imide groups is 1. The van der Waals surface area contributed by atoms with Crippen molar-refractivity contribution in [3.63, 3.8) is 0 Å². The van der Waals surface area contributed by atoms with Gasteiger partial charge in [0.05, 0.1) is 7.11 Å². The van der Waals surface area contributed by atoms with E-state index in [1.807, 2.05) is 6.92 Å². The van der Waals surface area contributed by atoms with Gasteiger partial charge in [0.25, 0.3) is 6.47 Å². The Bertz CT molecular complexity index is 308. The summed E-state index contributed by atoms with van der Waals surface area (Å²) in [6, 6.07) is 0. The first-order chi connectivity index (χ1) is 8.22. The molecule has 1 unspecified atom stereocenters. The number of methoxy groups -OCH3 is 1. The zero-order chi connectivity index (χ0) is 14.3. The van der Waals surface area contributed by atoms with E-state index in [0.717, 1.165) is 6.42 Å². The lowest BCUT2D eigenvalue weighted by Gasteiger charge is -2.23. The lowest BCUT2D eigenvalue weighted by atomic mass is 10.1. The van der Waals surface area contributed by atoms with Crippen molar-refractivity contribution in [2.24, 2.45) is 5.92 Å². The number of carbonyl (C=O) groups excluding carboxylic acids is 3. The fraction of sp³-hybridized carbons (Fsp3) is 0.750. The first kappa shape index (κ1) is 16.4. The van der Waals surface area contributed by atoms with Crippen LogP contribution in [-0.2, 0) is 19.1 Å². The molecule has 104 valence electrons. The molecule has 0 aromatic carbocycles. The molecule has 1 fully saturated rings. The SMILES string of the molecule is CC1CCN(C(=O)OC(C)(C)C)C1=O.COC=O. The number of rotatable bonds is 1. The fourth-order valence-electron chi connectivity index (χ4n) is 1.32. The summed E-state index contributed by atoms with van der Waals surface area (Å²) in [6.07, 6.45) is 0.213. The van der Waals surface area contributed by atoms with Crippen LogP contribution in [0.5, 0.6) is 0 Å². The monoisotopic (exact) mass is 259 g/mol. The van der Waals surface area contributed by atoms with Gasteiger partial charge >= 0.3 is 6.09 Å². The summed E-state index contributed by atoms with van der Waals surface area (Å²) in [6.45, 7) is 8.04.